The molecule has 454 valence electrons. The third-order valence-electron chi connectivity index (χ3n) is 14.8. The summed E-state index contributed by atoms with van der Waals surface area (Å²) < 4.78 is 11.3. The number of aliphatic hydroxyl groups excluding tert-OH is 5. The zero-order valence-electron chi connectivity index (χ0n) is 50.6. The van der Waals surface area contributed by atoms with Crippen molar-refractivity contribution in [1.29, 1.82) is 0 Å². The summed E-state index contributed by atoms with van der Waals surface area (Å²) in [5.74, 6) is -0.191. The van der Waals surface area contributed by atoms with Gasteiger partial charge in [0, 0.05) is 6.42 Å². The number of nitrogens with one attached hydrogen (secondary N) is 1. The van der Waals surface area contributed by atoms with Crippen LogP contribution in [0.3, 0.4) is 0 Å². The van der Waals surface area contributed by atoms with Gasteiger partial charge in [0.15, 0.2) is 6.29 Å². The Labute approximate surface area is 485 Å². The smallest absolute Gasteiger partial charge is 0.220 e. The number of rotatable bonds is 55. The second kappa shape index (κ2) is 58.1. The first-order valence-electron chi connectivity index (χ1n) is 32.6. The average molecular weight is 1100 g/mol. The summed E-state index contributed by atoms with van der Waals surface area (Å²) in [6, 6.07) is -0.832. The summed E-state index contributed by atoms with van der Waals surface area (Å²) in [6.45, 7) is 3.64. The van der Waals surface area contributed by atoms with Crippen LogP contribution in [0.15, 0.2) is 109 Å². The number of hydrogen-bond donors (Lipinski definition) is 6. The molecule has 0 bridgehead atoms. The number of carbonyl (C=O) groups is 1. The fourth-order valence-corrected chi connectivity index (χ4v) is 9.72. The lowest BCUT2D eigenvalue weighted by Crippen LogP contribution is -2.60. The highest BCUT2D eigenvalue weighted by molar-refractivity contribution is 5.76. The Balaban J connectivity index is 2.11. The van der Waals surface area contributed by atoms with Crippen LogP contribution in [0.4, 0.5) is 0 Å². The van der Waals surface area contributed by atoms with Crippen LogP contribution < -0.4 is 5.32 Å². The summed E-state index contributed by atoms with van der Waals surface area (Å²) in [4.78, 5) is 13.1. The molecule has 1 saturated heterocycles. The Kier molecular flexibility index (Phi) is 54.3. The molecule has 0 aliphatic carbocycles. The van der Waals surface area contributed by atoms with Gasteiger partial charge in [-0.15, -0.1) is 0 Å². The molecule has 7 atom stereocenters. The fraction of sp³-hybridized carbons (Fsp3) is 0.729. The number of aliphatic hydroxyl groups is 5. The predicted octanol–water partition coefficient (Wildman–Crippen LogP) is 17.3. The van der Waals surface area contributed by atoms with E-state index in [0.29, 0.717) is 6.42 Å². The van der Waals surface area contributed by atoms with Crippen molar-refractivity contribution in [3.63, 3.8) is 0 Å². The molecule has 7 unspecified atom stereocenters. The molecule has 1 aliphatic rings. The third kappa shape index (κ3) is 47.1. The van der Waals surface area contributed by atoms with Crippen molar-refractivity contribution in [3.05, 3.63) is 109 Å². The van der Waals surface area contributed by atoms with Crippen LogP contribution in [0.5, 0.6) is 0 Å². The molecule has 0 radical (unpaired) electrons. The SMILES string of the molecule is CC/C=C\C/C=C\C/C=C\C/C=C\C/C=C\C/C=C\CCCCCCCCCCCCCCCCCCCCCCC(=O)NC(COC1OC(CO)C(O)C(O)C1O)C(O)/C=C/CC/C=C/CC/C=C/CCCCCCCCC. The van der Waals surface area contributed by atoms with Gasteiger partial charge < -0.3 is 40.3 Å². The van der Waals surface area contributed by atoms with Crippen LogP contribution >= 0.6 is 0 Å². The zero-order valence-corrected chi connectivity index (χ0v) is 50.6. The minimum Gasteiger partial charge on any atom is -0.394 e. The molecule has 9 nitrogen and oxygen atoms in total. The minimum absolute atomic E-state index is 0.191. The molecule has 6 N–H and O–H groups in total. The van der Waals surface area contributed by atoms with E-state index in [4.69, 9.17) is 9.47 Å². The molecule has 0 aromatic carbocycles. The van der Waals surface area contributed by atoms with Crippen LogP contribution in [0, 0.1) is 0 Å². The van der Waals surface area contributed by atoms with Crippen molar-refractivity contribution >= 4 is 5.91 Å². The largest absolute Gasteiger partial charge is 0.394 e. The molecule has 9 heteroatoms. The lowest BCUT2D eigenvalue weighted by Gasteiger charge is -2.40. The highest BCUT2D eigenvalue weighted by Crippen LogP contribution is 2.23. The van der Waals surface area contributed by atoms with E-state index < -0.39 is 49.5 Å². The summed E-state index contributed by atoms with van der Waals surface area (Å²) in [5, 5.41) is 54.5. The topological polar surface area (TPSA) is 149 Å². The first kappa shape index (κ1) is 73.9. The van der Waals surface area contributed by atoms with Crippen LogP contribution in [0.1, 0.15) is 271 Å². The van der Waals surface area contributed by atoms with Gasteiger partial charge in [0.1, 0.15) is 24.4 Å². The van der Waals surface area contributed by atoms with E-state index >= 15 is 0 Å². The lowest BCUT2D eigenvalue weighted by molar-refractivity contribution is -0.302. The zero-order chi connectivity index (χ0) is 57.2. The first-order valence-corrected chi connectivity index (χ1v) is 32.6. The molecule has 0 aromatic heterocycles. The molecule has 0 spiro atoms. The molecule has 1 aliphatic heterocycles. The van der Waals surface area contributed by atoms with Crippen LogP contribution in [0.25, 0.3) is 0 Å². The van der Waals surface area contributed by atoms with Crippen LogP contribution in [-0.4, -0.2) is 87.5 Å². The van der Waals surface area contributed by atoms with Crippen molar-refractivity contribution in [3.8, 4) is 0 Å². The van der Waals surface area contributed by atoms with Gasteiger partial charge in [-0.25, -0.2) is 0 Å². The van der Waals surface area contributed by atoms with E-state index in [1.165, 1.54) is 161 Å². The maximum absolute atomic E-state index is 13.1. The van der Waals surface area contributed by atoms with Gasteiger partial charge in [-0.2, -0.15) is 0 Å². The third-order valence-corrected chi connectivity index (χ3v) is 14.8. The molecular formula is C70H121NO8. The van der Waals surface area contributed by atoms with Crippen molar-refractivity contribution in [1.82, 2.24) is 5.32 Å². The van der Waals surface area contributed by atoms with Crippen molar-refractivity contribution in [2.24, 2.45) is 0 Å². The number of ether oxygens (including phenoxy) is 2. The van der Waals surface area contributed by atoms with E-state index in [2.05, 4.69) is 116 Å². The summed E-state index contributed by atoms with van der Waals surface area (Å²) in [7, 11) is 0. The van der Waals surface area contributed by atoms with Gasteiger partial charge in [0.05, 0.1) is 25.4 Å². The van der Waals surface area contributed by atoms with E-state index in [1.54, 1.807) is 6.08 Å². The predicted molar refractivity (Wildman–Crippen MR) is 336 cm³/mol. The van der Waals surface area contributed by atoms with Gasteiger partial charge in [0.2, 0.25) is 5.91 Å². The fourth-order valence-electron chi connectivity index (χ4n) is 9.72. The molecule has 1 fully saturated rings. The maximum Gasteiger partial charge on any atom is 0.220 e. The summed E-state index contributed by atoms with van der Waals surface area (Å²) >= 11 is 0. The quantitative estimate of drug-likeness (QED) is 0.0261. The molecule has 1 heterocycles. The van der Waals surface area contributed by atoms with Crippen molar-refractivity contribution in [2.45, 2.75) is 314 Å². The molecule has 0 saturated carbocycles. The van der Waals surface area contributed by atoms with E-state index in [-0.39, 0.29) is 12.5 Å². The Morgan fingerprint density at radius 1 is 0.443 bits per heavy atom. The molecule has 1 amide bonds. The molecular weight excluding hydrogens is 983 g/mol. The van der Waals surface area contributed by atoms with E-state index in [9.17, 15) is 30.3 Å². The Hall–Kier alpha value is -3.15. The summed E-state index contributed by atoms with van der Waals surface area (Å²) in [5.41, 5.74) is 0. The summed E-state index contributed by atoms with van der Waals surface area (Å²) in [6.07, 6.45) is 79.0. The highest BCUT2D eigenvalue weighted by atomic mass is 16.7. The minimum atomic E-state index is -1.58. The monoisotopic (exact) mass is 1100 g/mol. The second-order valence-electron chi connectivity index (χ2n) is 22.2. The Morgan fingerprint density at radius 2 is 0.797 bits per heavy atom. The average Bonchev–Trinajstić information content (AvgIpc) is 3.48. The van der Waals surface area contributed by atoms with Gasteiger partial charge in [-0.3, -0.25) is 4.79 Å². The van der Waals surface area contributed by atoms with Crippen molar-refractivity contribution in [2.75, 3.05) is 13.2 Å². The van der Waals surface area contributed by atoms with Crippen LogP contribution in [0.2, 0.25) is 0 Å². The van der Waals surface area contributed by atoms with Gasteiger partial charge >= 0.3 is 0 Å². The van der Waals surface area contributed by atoms with Gasteiger partial charge in [-0.05, 0) is 96.3 Å². The van der Waals surface area contributed by atoms with Gasteiger partial charge in [-0.1, -0.05) is 277 Å². The van der Waals surface area contributed by atoms with Crippen LogP contribution in [-0.2, 0) is 14.3 Å². The van der Waals surface area contributed by atoms with Crippen molar-refractivity contribution < 1.29 is 39.8 Å². The number of allylic oxidation sites excluding steroid dienone is 17. The van der Waals surface area contributed by atoms with E-state index in [1.807, 2.05) is 6.08 Å². The lowest BCUT2D eigenvalue weighted by atomic mass is 9.99. The standard InChI is InChI=1S/C70H121NO8/c1-3-5-7-9-11-13-15-17-19-21-22-23-24-25-26-27-28-29-30-31-32-33-34-35-36-37-38-39-40-41-42-44-46-48-50-52-54-56-58-60-66(74)71-63(62-78-70-69(77)68(76)67(75)65(61-72)79-70)64(73)59-57-55-53-51-49-47-45-43-20-18-16-14-12-10-8-6-4-2/h5,7,11,13,17,19-20,22-23,25-26,28-29,43,49,51,57,59,63-65,67-70,72-73,75-77H,3-4,6,8-10,12,14-16,18,21,24,27,30-42,44-48,50,52-56,58,60-62H2,1-2H3,(H,71,74)/b7-5-,13-11-,19-17-,23-22-,26-25-,29-28-,43-20+,51-49+,59-57+. The number of carbonyl (C=O) groups excluding carboxylic acids is 1. The number of hydrogen-bond acceptors (Lipinski definition) is 8. The number of unbranched alkanes of at least 4 members (excludes halogenated alkanes) is 29. The van der Waals surface area contributed by atoms with Gasteiger partial charge in [0.25, 0.3) is 0 Å². The molecule has 1 rings (SSSR count). The number of amides is 1. The van der Waals surface area contributed by atoms with E-state index in [0.717, 1.165) is 89.9 Å². The Bertz CT molecular complexity index is 1610. The maximum atomic E-state index is 13.1. The highest BCUT2D eigenvalue weighted by Gasteiger charge is 2.44. The normalized spacial score (nSPS) is 19.3. The molecule has 0 aromatic rings. The molecule has 79 heavy (non-hydrogen) atoms. The Morgan fingerprint density at radius 3 is 1.22 bits per heavy atom. The second-order valence-corrected chi connectivity index (χ2v) is 22.2. The first-order chi connectivity index (χ1) is 38.8.